The number of amides is 3. The molecule has 0 atom stereocenters. The lowest BCUT2D eigenvalue weighted by Gasteiger charge is -2.23. The Hall–Kier alpha value is -1.70. The van der Waals surface area contributed by atoms with E-state index in [4.69, 9.17) is 4.74 Å². The lowest BCUT2D eigenvalue weighted by molar-refractivity contribution is -0.124. The highest BCUT2D eigenvalue weighted by Crippen LogP contribution is 2.21. The van der Waals surface area contributed by atoms with Gasteiger partial charge in [-0.25, -0.2) is 9.80 Å². The van der Waals surface area contributed by atoms with E-state index in [2.05, 4.69) is 16.8 Å². The van der Waals surface area contributed by atoms with Crippen LogP contribution >= 0.6 is 11.8 Å². The lowest BCUT2D eigenvalue weighted by atomic mass is 9.96. The molecular formula is C20H35N3O4S. The summed E-state index contributed by atoms with van der Waals surface area (Å²) in [5.41, 5.74) is 3.51. The molecule has 1 aliphatic carbocycles. The molecule has 0 saturated heterocycles. The third-order valence-electron chi connectivity index (χ3n) is 4.03. The van der Waals surface area contributed by atoms with E-state index in [-0.39, 0.29) is 11.1 Å². The molecule has 160 valence electrons. The zero-order valence-electron chi connectivity index (χ0n) is 17.6. The molecule has 0 radical (unpaired) electrons. The van der Waals surface area contributed by atoms with Crippen molar-refractivity contribution in [2.45, 2.75) is 78.2 Å². The summed E-state index contributed by atoms with van der Waals surface area (Å²) in [5, 5.41) is 3.82. The fourth-order valence-electron chi connectivity index (χ4n) is 2.75. The summed E-state index contributed by atoms with van der Waals surface area (Å²) in [6.45, 7) is 7.98. The number of nitrogens with one attached hydrogen (secondary N) is 2. The van der Waals surface area contributed by atoms with E-state index in [1.54, 1.807) is 20.8 Å². The fourth-order valence-corrected chi connectivity index (χ4v) is 3.29. The van der Waals surface area contributed by atoms with Crippen LogP contribution in [-0.2, 0) is 9.53 Å². The molecule has 0 fully saturated rings. The number of nitrogens with zero attached hydrogens (tertiary/aromatic N) is 1. The van der Waals surface area contributed by atoms with Crippen LogP contribution in [0.15, 0.2) is 11.6 Å². The minimum Gasteiger partial charge on any atom is -0.444 e. The van der Waals surface area contributed by atoms with E-state index >= 15 is 0 Å². The Morgan fingerprint density at radius 2 is 2.00 bits per heavy atom. The maximum atomic E-state index is 12.3. The lowest BCUT2D eigenvalue weighted by Crippen LogP contribution is -2.46. The second-order valence-electron chi connectivity index (χ2n) is 7.78. The van der Waals surface area contributed by atoms with Gasteiger partial charge in [0.1, 0.15) is 5.60 Å². The number of hydrazine groups is 1. The van der Waals surface area contributed by atoms with Crippen molar-refractivity contribution in [1.82, 2.24) is 15.8 Å². The van der Waals surface area contributed by atoms with E-state index in [0.717, 1.165) is 31.0 Å². The summed E-state index contributed by atoms with van der Waals surface area (Å²) in [6.07, 6.45) is 7.96. The highest BCUT2D eigenvalue weighted by atomic mass is 32.2. The molecule has 0 bridgehead atoms. The van der Waals surface area contributed by atoms with Gasteiger partial charge in [-0.15, -0.1) is 0 Å². The summed E-state index contributed by atoms with van der Waals surface area (Å²) in [4.78, 5) is 36.2. The molecular weight excluding hydrogens is 378 g/mol. The first-order valence-corrected chi connectivity index (χ1v) is 11.1. The molecule has 3 amide bonds. The van der Waals surface area contributed by atoms with Gasteiger partial charge in [-0.3, -0.25) is 15.0 Å². The van der Waals surface area contributed by atoms with Crippen LogP contribution in [0.4, 0.5) is 9.59 Å². The Balaban J connectivity index is 2.40. The Labute approximate surface area is 173 Å². The largest absolute Gasteiger partial charge is 0.444 e. The summed E-state index contributed by atoms with van der Waals surface area (Å²) in [5.74, 6) is 0.477. The van der Waals surface area contributed by atoms with Crippen molar-refractivity contribution in [1.29, 1.82) is 0 Å². The minimum atomic E-state index is -0.550. The topological polar surface area (TPSA) is 87.7 Å². The molecule has 0 unspecified atom stereocenters. The van der Waals surface area contributed by atoms with Crippen LogP contribution in [0.5, 0.6) is 0 Å². The van der Waals surface area contributed by atoms with Crippen LogP contribution in [0, 0.1) is 0 Å². The zero-order valence-corrected chi connectivity index (χ0v) is 18.5. The first-order chi connectivity index (χ1) is 13.2. The SMILES string of the molecule is CCSC(=O)N(CCCNC(=O)OC(C)(C)C)NC(=O)CCC1=CCCCC1. The first-order valence-electron chi connectivity index (χ1n) is 10.1. The van der Waals surface area contributed by atoms with E-state index in [9.17, 15) is 14.4 Å². The van der Waals surface area contributed by atoms with E-state index in [1.165, 1.54) is 23.4 Å². The van der Waals surface area contributed by atoms with Crippen LogP contribution in [-0.4, -0.2) is 46.7 Å². The Morgan fingerprint density at radius 1 is 1.25 bits per heavy atom. The van der Waals surface area contributed by atoms with Crippen molar-refractivity contribution in [2.75, 3.05) is 18.8 Å². The molecule has 7 nitrogen and oxygen atoms in total. The summed E-state index contributed by atoms with van der Waals surface area (Å²) in [7, 11) is 0. The number of allylic oxidation sites excluding steroid dienone is 2. The summed E-state index contributed by atoms with van der Waals surface area (Å²) in [6, 6.07) is 0. The third-order valence-corrected chi connectivity index (χ3v) is 4.79. The van der Waals surface area contributed by atoms with Gasteiger partial charge in [-0.05, 0) is 65.0 Å². The zero-order chi connectivity index (χ0) is 21.0. The molecule has 0 heterocycles. The van der Waals surface area contributed by atoms with Gasteiger partial charge in [0.15, 0.2) is 0 Å². The third kappa shape index (κ3) is 11.2. The molecule has 0 spiro atoms. The standard InChI is InChI=1S/C20H35N3O4S/c1-5-28-19(26)23(15-9-14-21-18(25)27-20(2,3)4)22-17(24)13-12-16-10-7-6-8-11-16/h10H,5-9,11-15H2,1-4H3,(H,21,25)(H,22,24). The Bertz CT molecular complexity index is 558. The average Bonchev–Trinajstić information content (AvgIpc) is 2.62. The quantitative estimate of drug-likeness (QED) is 0.350. The number of thioether (sulfide) groups is 1. The summed E-state index contributed by atoms with van der Waals surface area (Å²) < 4.78 is 5.18. The van der Waals surface area contributed by atoms with Gasteiger partial charge in [-0.2, -0.15) is 0 Å². The van der Waals surface area contributed by atoms with E-state index in [1.807, 2.05) is 6.92 Å². The van der Waals surface area contributed by atoms with Crippen molar-refractivity contribution in [2.24, 2.45) is 0 Å². The number of carbonyl (C=O) groups is 3. The van der Waals surface area contributed by atoms with E-state index < -0.39 is 11.7 Å². The van der Waals surface area contributed by atoms with Crippen LogP contribution < -0.4 is 10.7 Å². The van der Waals surface area contributed by atoms with Crippen molar-refractivity contribution in [3.05, 3.63) is 11.6 Å². The van der Waals surface area contributed by atoms with Gasteiger partial charge in [0, 0.05) is 19.5 Å². The van der Waals surface area contributed by atoms with Crippen LogP contribution in [0.3, 0.4) is 0 Å². The monoisotopic (exact) mass is 413 g/mol. The molecule has 0 aliphatic heterocycles. The fraction of sp³-hybridized carbons (Fsp3) is 0.750. The van der Waals surface area contributed by atoms with E-state index in [0.29, 0.717) is 31.7 Å². The van der Waals surface area contributed by atoms with Gasteiger partial charge in [0.05, 0.1) is 0 Å². The van der Waals surface area contributed by atoms with Gasteiger partial charge in [0.2, 0.25) is 5.91 Å². The summed E-state index contributed by atoms with van der Waals surface area (Å²) >= 11 is 1.15. The second-order valence-corrected chi connectivity index (χ2v) is 8.99. The van der Waals surface area contributed by atoms with Crippen LogP contribution in [0.2, 0.25) is 0 Å². The number of alkyl carbamates (subject to hydrolysis) is 1. The molecule has 1 aliphatic rings. The van der Waals surface area contributed by atoms with Crippen molar-refractivity contribution in [3.63, 3.8) is 0 Å². The number of ether oxygens (including phenoxy) is 1. The van der Waals surface area contributed by atoms with Crippen molar-refractivity contribution < 1.29 is 19.1 Å². The number of hydrogen-bond acceptors (Lipinski definition) is 5. The minimum absolute atomic E-state index is 0.156. The highest BCUT2D eigenvalue weighted by molar-refractivity contribution is 8.13. The molecule has 0 aromatic heterocycles. The van der Waals surface area contributed by atoms with Gasteiger partial charge >= 0.3 is 6.09 Å². The molecule has 0 aromatic carbocycles. The highest BCUT2D eigenvalue weighted by Gasteiger charge is 2.18. The van der Waals surface area contributed by atoms with Gasteiger partial charge < -0.3 is 10.1 Å². The predicted molar refractivity (Wildman–Crippen MR) is 113 cm³/mol. The molecule has 2 N–H and O–H groups in total. The predicted octanol–water partition coefficient (Wildman–Crippen LogP) is 4.39. The van der Waals surface area contributed by atoms with Crippen LogP contribution in [0.25, 0.3) is 0 Å². The first kappa shape index (κ1) is 24.3. The Morgan fingerprint density at radius 3 is 2.61 bits per heavy atom. The number of rotatable bonds is 8. The second kappa shape index (κ2) is 12.7. The smallest absolute Gasteiger partial charge is 0.407 e. The normalized spacial score (nSPS) is 14.1. The van der Waals surface area contributed by atoms with Crippen molar-refractivity contribution in [3.8, 4) is 0 Å². The number of hydrogen-bond donors (Lipinski definition) is 2. The molecule has 0 aromatic rings. The molecule has 0 saturated carbocycles. The maximum absolute atomic E-state index is 12.3. The molecule has 8 heteroatoms. The number of carbonyl (C=O) groups excluding carboxylic acids is 3. The molecule has 28 heavy (non-hydrogen) atoms. The van der Waals surface area contributed by atoms with Gasteiger partial charge in [-0.1, -0.05) is 30.3 Å². The molecule has 1 rings (SSSR count). The Kier molecular flexibility index (Phi) is 11.0. The van der Waals surface area contributed by atoms with Gasteiger partial charge in [0.25, 0.3) is 5.24 Å². The maximum Gasteiger partial charge on any atom is 0.407 e. The van der Waals surface area contributed by atoms with Crippen molar-refractivity contribution >= 4 is 29.0 Å². The average molecular weight is 414 g/mol. The van der Waals surface area contributed by atoms with Crippen LogP contribution in [0.1, 0.15) is 72.6 Å².